The van der Waals surface area contributed by atoms with Crippen LogP contribution in [0.1, 0.15) is 12.0 Å². The fraction of sp³-hybridized carbons (Fsp3) is 0.312. The lowest BCUT2D eigenvalue weighted by Gasteiger charge is -2.20. The second-order valence-corrected chi connectivity index (χ2v) is 5.15. The van der Waals surface area contributed by atoms with E-state index in [9.17, 15) is 18.0 Å². The molecule has 1 aromatic carbocycles. The van der Waals surface area contributed by atoms with Gasteiger partial charge in [0.2, 0.25) is 11.9 Å². The number of hydrogen-bond acceptors (Lipinski definition) is 5. The molecule has 9 heteroatoms. The van der Waals surface area contributed by atoms with Gasteiger partial charge in [-0.3, -0.25) is 4.79 Å². The number of aromatic nitrogens is 2. The summed E-state index contributed by atoms with van der Waals surface area (Å²) in [7, 11) is 1.52. The fourth-order valence-corrected chi connectivity index (χ4v) is 2.06. The zero-order valence-electron chi connectivity index (χ0n) is 13.5. The van der Waals surface area contributed by atoms with E-state index in [1.807, 2.05) is 0 Å². The molecular formula is C16H17F3N4O2. The Labute approximate surface area is 142 Å². The first-order valence-corrected chi connectivity index (χ1v) is 7.43. The maximum atomic E-state index is 12.4. The number of carbonyl (C=O) groups excluding carboxylic acids is 1. The fourth-order valence-electron chi connectivity index (χ4n) is 2.06. The average molecular weight is 354 g/mol. The van der Waals surface area contributed by atoms with E-state index in [0.717, 1.165) is 0 Å². The molecule has 134 valence electrons. The summed E-state index contributed by atoms with van der Waals surface area (Å²) in [5.41, 5.74) is 0.273. The number of halogens is 3. The third-order valence-corrected chi connectivity index (χ3v) is 3.22. The molecule has 0 aliphatic carbocycles. The van der Waals surface area contributed by atoms with Gasteiger partial charge in [-0.05, 0) is 12.1 Å². The normalized spacial score (nSPS) is 11.0. The molecule has 0 unspecified atom stereocenters. The molecule has 6 nitrogen and oxygen atoms in total. The number of alkyl halides is 3. The van der Waals surface area contributed by atoms with Crippen LogP contribution < -0.4 is 10.1 Å². The second kappa shape index (κ2) is 8.32. The van der Waals surface area contributed by atoms with Crippen LogP contribution in [0.2, 0.25) is 0 Å². The van der Waals surface area contributed by atoms with Crippen LogP contribution in [0.25, 0.3) is 0 Å². The highest BCUT2D eigenvalue weighted by molar-refractivity contribution is 5.76. The lowest BCUT2D eigenvalue weighted by molar-refractivity contribution is -0.275. The van der Waals surface area contributed by atoms with Crippen LogP contribution in [-0.2, 0) is 11.3 Å². The van der Waals surface area contributed by atoms with Crippen molar-refractivity contribution in [3.8, 4) is 5.75 Å². The number of carbonyl (C=O) groups is 1. The molecule has 0 bridgehead atoms. The van der Waals surface area contributed by atoms with Crippen molar-refractivity contribution in [3.63, 3.8) is 0 Å². The molecule has 0 aliphatic heterocycles. The minimum Gasteiger partial charge on any atom is -0.405 e. The molecule has 1 heterocycles. The van der Waals surface area contributed by atoms with Gasteiger partial charge in [0.05, 0.1) is 0 Å². The predicted octanol–water partition coefficient (Wildman–Crippen LogP) is 2.84. The highest BCUT2D eigenvalue weighted by atomic mass is 19.4. The first kappa shape index (κ1) is 18.5. The van der Waals surface area contributed by atoms with Crippen LogP contribution in [0, 0.1) is 0 Å². The number of ether oxygens (including phenoxy) is 1. The van der Waals surface area contributed by atoms with Crippen LogP contribution >= 0.6 is 0 Å². The van der Waals surface area contributed by atoms with E-state index in [1.54, 1.807) is 24.5 Å². The van der Waals surface area contributed by atoms with Crippen molar-refractivity contribution in [1.82, 2.24) is 14.9 Å². The number of nitrogens with zero attached hydrogens (tertiary/aromatic N) is 3. The van der Waals surface area contributed by atoms with Crippen molar-refractivity contribution in [1.29, 1.82) is 0 Å². The first-order valence-electron chi connectivity index (χ1n) is 7.43. The molecule has 2 rings (SSSR count). The highest BCUT2D eigenvalue weighted by Gasteiger charge is 2.32. The summed E-state index contributed by atoms with van der Waals surface area (Å²) in [5.74, 6) is -0.141. The summed E-state index contributed by atoms with van der Waals surface area (Å²) >= 11 is 0. The molecule has 1 amide bonds. The van der Waals surface area contributed by atoms with Gasteiger partial charge in [0.1, 0.15) is 5.75 Å². The van der Waals surface area contributed by atoms with Crippen LogP contribution in [-0.4, -0.2) is 40.7 Å². The number of hydrogen-bond donors (Lipinski definition) is 1. The SMILES string of the molecule is CN(Cc1ccccc1OC(F)(F)F)C(=O)CCNc1ncccn1. The third-order valence-electron chi connectivity index (χ3n) is 3.22. The van der Waals surface area contributed by atoms with Crippen molar-refractivity contribution < 1.29 is 22.7 Å². The van der Waals surface area contributed by atoms with Crippen molar-refractivity contribution in [2.24, 2.45) is 0 Å². The minimum absolute atomic E-state index is 0.00687. The van der Waals surface area contributed by atoms with Gasteiger partial charge in [0.25, 0.3) is 0 Å². The summed E-state index contributed by atoms with van der Waals surface area (Å²) in [4.78, 5) is 21.4. The largest absolute Gasteiger partial charge is 0.573 e. The Bertz CT molecular complexity index is 695. The molecule has 0 saturated carbocycles. The van der Waals surface area contributed by atoms with E-state index in [1.165, 1.54) is 30.1 Å². The van der Waals surface area contributed by atoms with Crippen molar-refractivity contribution in [3.05, 3.63) is 48.3 Å². The standard InChI is InChI=1S/C16H17F3N4O2/c1-23(14(24)7-10-22-15-20-8-4-9-21-15)11-12-5-2-3-6-13(12)25-16(17,18)19/h2-6,8-9H,7,10-11H2,1H3,(H,20,21,22). The number of anilines is 1. The highest BCUT2D eigenvalue weighted by Crippen LogP contribution is 2.27. The summed E-state index contributed by atoms with van der Waals surface area (Å²) in [6.07, 6.45) is -1.49. The Balaban J connectivity index is 1.88. The Morgan fingerprint density at radius 1 is 1.20 bits per heavy atom. The molecule has 2 aromatic rings. The molecule has 1 N–H and O–H groups in total. The predicted molar refractivity (Wildman–Crippen MR) is 84.7 cm³/mol. The maximum absolute atomic E-state index is 12.4. The summed E-state index contributed by atoms with van der Waals surface area (Å²) < 4.78 is 41.3. The van der Waals surface area contributed by atoms with Crippen LogP contribution in [0.3, 0.4) is 0 Å². The monoisotopic (exact) mass is 354 g/mol. The van der Waals surface area contributed by atoms with E-state index >= 15 is 0 Å². The van der Waals surface area contributed by atoms with Gasteiger partial charge in [0, 0.05) is 44.5 Å². The minimum atomic E-state index is -4.78. The Hall–Kier alpha value is -2.84. The van der Waals surface area contributed by atoms with Crippen LogP contribution in [0.15, 0.2) is 42.7 Å². The van der Waals surface area contributed by atoms with Gasteiger partial charge in [-0.15, -0.1) is 13.2 Å². The second-order valence-electron chi connectivity index (χ2n) is 5.15. The molecule has 0 atom stereocenters. The lowest BCUT2D eigenvalue weighted by atomic mass is 10.2. The maximum Gasteiger partial charge on any atom is 0.573 e. The lowest BCUT2D eigenvalue weighted by Crippen LogP contribution is -2.28. The van der Waals surface area contributed by atoms with Gasteiger partial charge in [-0.1, -0.05) is 18.2 Å². The Morgan fingerprint density at radius 2 is 1.88 bits per heavy atom. The van der Waals surface area contributed by atoms with E-state index in [-0.39, 0.29) is 30.2 Å². The molecule has 25 heavy (non-hydrogen) atoms. The Morgan fingerprint density at radius 3 is 2.56 bits per heavy atom. The number of para-hydroxylation sites is 1. The molecule has 0 spiro atoms. The van der Waals surface area contributed by atoms with Gasteiger partial charge in [0.15, 0.2) is 0 Å². The summed E-state index contributed by atoms with van der Waals surface area (Å²) in [6, 6.07) is 7.41. The number of rotatable bonds is 7. The van der Waals surface area contributed by atoms with E-state index < -0.39 is 6.36 Å². The van der Waals surface area contributed by atoms with E-state index in [0.29, 0.717) is 12.5 Å². The molecular weight excluding hydrogens is 337 g/mol. The van der Waals surface area contributed by atoms with Gasteiger partial charge >= 0.3 is 6.36 Å². The van der Waals surface area contributed by atoms with Crippen LogP contribution in [0.5, 0.6) is 5.75 Å². The van der Waals surface area contributed by atoms with Gasteiger partial charge < -0.3 is 15.0 Å². The van der Waals surface area contributed by atoms with E-state index in [4.69, 9.17) is 0 Å². The number of benzene rings is 1. The van der Waals surface area contributed by atoms with E-state index in [2.05, 4.69) is 20.0 Å². The topological polar surface area (TPSA) is 67.3 Å². The number of amides is 1. The van der Waals surface area contributed by atoms with Gasteiger partial charge in [-0.25, -0.2) is 9.97 Å². The van der Waals surface area contributed by atoms with Crippen molar-refractivity contribution >= 4 is 11.9 Å². The van der Waals surface area contributed by atoms with Crippen molar-refractivity contribution in [2.45, 2.75) is 19.3 Å². The molecule has 0 radical (unpaired) electrons. The van der Waals surface area contributed by atoms with Crippen LogP contribution in [0.4, 0.5) is 19.1 Å². The van der Waals surface area contributed by atoms with Crippen molar-refractivity contribution in [2.75, 3.05) is 18.9 Å². The smallest absolute Gasteiger partial charge is 0.405 e. The third kappa shape index (κ3) is 6.28. The molecule has 0 saturated heterocycles. The number of nitrogens with one attached hydrogen (secondary N) is 1. The zero-order valence-corrected chi connectivity index (χ0v) is 13.5. The van der Waals surface area contributed by atoms with Gasteiger partial charge in [-0.2, -0.15) is 0 Å². The summed E-state index contributed by atoms with van der Waals surface area (Å²) in [6.45, 7) is 0.320. The zero-order chi connectivity index (χ0) is 18.3. The quantitative estimate of drug-likeness (QED) is 0.828. The molecule has 0 aliphatic rings. The first-order chi connectivity index (χ1) is 11.8. The molecule has 0 fully saturated rings. The molecule has 1 aromatic heterocycles. The Kier molecular flexibility index (Phi) is 6.15. The summed E-state index contributed by atoms with van der Waals surface area (Å²) in [5, 5.41) is 2.89. The average Bonchev–Trinajstić information content (AvgIpc) is 2.56.